The zero-order valence-electron chi connectivity index (χ0n) is 18.2. The number of aromatic nitrogens is 1. The molecule has 32 heavy (non-hydrogen) atoms. The first-order valence-electron chi connectivity index (χ1n) is 11.2. The number of nitrogens with one attached hydrogen (secondary N) is 5. The van der Waals surface area contributed by atoms with Crippen molar-refractivity contribution in [2.45, 2.75) is 25.7 Å². The lowest BCUT2D eigenvalue weighted by Gasteiger charge is -2.27. The summed E-state index contributed by atoms with van der Waals surface area (Å²) in [5, 5.41) is 24.8. The molecule has 0 bridgehead atoms. The number of amidine groups is 2. The molecule has 2 heterocycles. The molecule has 0 atom stereocenters. The van der Waals surface area contributed by atoms with Gasteiger partial charge in [0.2, 0.25) is 5.91 Å². The van der Waals surface area contributed by atoms with Gasteiger partial charge in [0, 0.05) is 35.1 Å². The first kappa shape index (κ1) is 21.8. The van der Waals surface area contributed by atoms with Crippen LogP contribution < -0.4 is 15.5 Å². The highest BCUT2D eigenvalue weighted by atomic mass is 16.1. The highest BCUT2D eigenvalue weighted by molar-refractivity contribution is 6.18. The van der Waals surface area contributed by atoms with Crippen molar-refractivity contribution < 1.29 is 4.79 Å². The maximum Gasteiger partial charge on any atom is 0.223 e. The van der Waals surface area contributed by atoms with Crippen molar-refractivity contribution in [1.29, 1.82) is 10.8 Å². The molecule has 4 rings (SSSR count). The Balaban J connectivity index is 1.43. The van der Waals surface area contributed by atoms with Gasteiger partial charge in [0.1, 0.15) is 11.7 Å². The molecule has 2 aromatic carbocycles. The molecular weight excluding hydrogens is 400 g/mol. The van der Waals surface area contributed by atoms with Gasteiger partial charge in [-0.25, -0.2) is 0 Å². The molecule has 1 fully saturated rings. The number of piperidine rings is 1. The molecule has 0 aliphatic carbocycles. The third-order valence-corrected chi connectivity index (χ3v) is 6.00. The summed E-state index contributed by atoms with van der Waals surface area (Å²) < 4.78 is 0. The van der Waals surface area contributed by atoms with Crippen LogP contribution in [-0.2, 0) is 11.2 Å². The van der Waals surface area contributed by atoms with Gasteiger partial charge in [-0.1, -0.05) is 36.4 Å². The zero-order valence-corrected chi connectivity index (χ0v) is 18.2. The number of fused-ring (bicyclic) bond motifs is 1. The quantitative estimate of drug-likeness (QED) is 0.291. The molecule has 0 spiro atoms. The fourth-order valence-corrected chi connectivity index (χ4v) is 4.23. The second kappa shape index (κ2) is 10.2. The number of carbonyl (C=O) groups excluding carboxylic acids is 1. The Morgan fingerprint density at radius 2 is 1.72 bits per heavy atom. The maximum absolute atomic E-state index is 12.5. The highest BCUT2D eigenvalue weighted by Crippen LogP contribution is 2.21. The molecule has 1 saturated heterocycles. The SMILES string of the molecule is N=C(CCc1c[nH]c2ccccc12)N(C(=N)CNC(=O)C1CCNCC1)c1ccccc1. The Morgan fingerprint density at radius 1 is 1.00 bits per heavy atom. The Morgan fingerprint density at radius 3 is 2.50 bits per heavy atom. The number of amides is 1. The highest BCUT2D eigenvalue weighted by Gasteiger charge is 2.23. The van der Waals surface area contributed by atoms with Crippen LogP contribution in [0.5, 0.6) is 0 Å². The maximum atomic E-state index is 12.5. The molecule has 0 saturated carbocycles. The molecule has 166 valence electrons. The predicted molar refractivity (Wildman–Crippen MR) is 130 cm³/mol. The van der Waals surface area contributed by atoms with Crippen molar-refractivity contribution in [3.05, 3.63) is 66.4 Å². The molecule has 0 radical (unpaired) electrons. The average Bonchev–Trinajstić information content (AvgIpc) is 3.26. The lowest BCUT2D eigenvalue weighted by atomic mass is 9.97. The van der Waals surface area contributed by atoms with E-state index >= 15 is 0 Å². The molecule has 7 nitrogen and oxygen atoms in total. The molecule has 1 aromatic heterocycles. The lowest BCUT2D eigenvalue weighted by Crippen LogP contribution is -2.45. The molecule has 1 amide bonds. The summed E-state index contributed by atoms with van der Waals surface area (Å²) in [7, 11) is 0. The van der Waals surface area contributed by atoms with E-state index in [2.05, 4.69) is 21.7 Å². The van der Waals surface area contributed by atoms with E-state index in [0.717, 1.165) is 48.1 Å². The number of H-pyrrole nitrogens is 1. The van der Waals surface area contributed by atoms with Gasteiger partial charge >= 0.3 is 0 Å². The van der Waals surface area contributed by atoms with E-state index in [9.17, 15) is 4.79 Å². The van der Waals surface area contributed by atoms with Crippen LogP contribution in [0.15, 0.2) is 60.8 Å². The predicted octanol–water partition coefficient (Wildman–Crippen LogP) is 3.68. The number of aromatic amines is 1. The Kier molecular flexibility index (Phi) is 6.97. The minimum atomic E-state index is -0.00501. The Hall–Kier alpha value is -3.45. The van der Waals surface area contributed by atoms with Gasteiger partial charge < -0.3 is 15.6 Å². The van der Waals surface area contributed by atoms with E-state index in [4.69, 9.17) is 10.8 Å². The van der Waals surface area contributed by atoms with Crippen molar-refractivity contribution in [2.24, 2.45) is 5.92 Å². The molecule has 1 aliphatic rings. The van der Waals surface area contributed by atoms with E-state index in [1.54, 1.807) is 4.90 Å². The van der Waals surface area contributed by atoms with E-state index in [1.807, 2.05) is 54.7 Å². The number of nitrogens with zero attached hydrogens (tertiary/aromatic N) is 1. The van der Waals surface area contributed by atoms with E-state index < -0.39 is 0 Å². The van der Waals surface area contributed by atoms with Crippen molar-refractivity contribution in [3.8, 4) is 0 Å². The zero-order chi connectivity index (χ0) is 22.3. The summed E-state index contributed by atoms with van der Waals surface area (Å²) in [6, 6.07) is 17.6. The summed E-state index contributed by atoms with van der Waals surface area (Å²) >= 11 is 0. The van der Waals surface area contributed by atoms with E-state index in [-0.39, 0.29) is 24.2 Å². The molecule has 1 aliphatic heterocycles. The fourth-order valence-electron chi connectivity index (χ4n) is 4.23. The Labute approximate surface area is 188 Å². The van der Waals surface area contributed by atoms with Crippen LogP contribution >= 0.6 is 0 Å². The van der Waals surface area contributed by atoms with Crippen molar-refractivity contribution >= 4 is 34.2 Å². The number of hydrogen-bond donors (Lipinski definition) is 5. The van der Waals surface area contributed by atoms with Gasteiger partial charge in [-0.3, -0.25) is 20.5 Å². The van der Waals surface area contributed by atoms with Gasteiger partial charge in [-0.15, -0.1) is 0 Å². The van der Waals surface area contributed by atoms with Gasteiger partial charge in [-0.2, -0.15) is 0 Å². The second-order valence-corrected chi connectivity index (χ2v) is 8.17. The van der Waals surface area contributed by atoms with Crippen LogP contribution in [0, 0.1) is 16.7 Å². The second-order valence-electron chi connectivity index (χ2n) is 8.17. The average molecular weight is 431 g/mol. The summed E-state index contributed by atoms with van der Waals surface area (Å²) in [5.74, 6) is 0.523. The van der Waals surface area contributed by atoms with Gasteiger partial charge in [0.25, 0.3) is 0 Å². The molecule has 5 N–H and O–H groups in total. The first-order valence-corrected chi connectivity index (χ1v) is 11.2. The smallest absolute Gasteiger partial charge is 0.223 e. The summed E-state index contributed by atoms with van der Waals surface area (Å²) in [6.07, 6.45) is 4.82. The number of rotatable bonds is 7. The summed E-state index contributed by atoms with van der Waals surface area (Å²) in [6.45, 7) is 1.81. The van der Waals surface area contributed by atoms with Gasteiger partial charge in [0.05, 0.1) is 6.54 Å². The number of aryl methyl sites for hydroxylation is 1. The van der Waals surface area contributed by atoms with E-state index in [1.165, 1.54) is 0 Å². The number of para-hydroxylation sites is 2. The minimum Gasteiger partial charge on any atom is -0.361 e. The summed E-state index contributed by atoms with van der Waals surface area (Å²) in [5.41, 5.74) is 3.00. The number of benzene rings is 2. The van der Waals surface area contributed by atoms with Crippen molar-refractivity contribution in [3.63, 3.8) is 0 Å². The monoisotopic (exact) mass is 430 g/mol. The fraction of sp³-hybridized carbons (Fsp3) is 0.320. The largest absolute Gasteiger partial charge is 0.361 e. The number of carbonyl (C=O) groups is 1. The molecular formula is C25H30N6O. The van der Waals surface area contributed by atoms with Crippen LogP contribution in [0.25, 0.3) is 10.9 Å². The minimum absolute atomic E-state index is 0.00412. The standard InChI is InChI=1S/C25H30N6O/c26-23(11-10-19-16-29-22-9-5-4-8-21(19)22)31(20-6-2-1-3-7-20)24(27)17-30-25(32)18-12-14-28-15-13-18/h1-9,16,18,26-29H,10-15,17H2,(H,30,32). The topological polar surface area (TPSA) is 108 Å². The summed E-state index contributed by atoms with van der Waals surface area (Å²) in [4.78, 5) is 17.4. The third kappa shape index (κ3) is 5.06. The van der Waals surface area contributed by atoms with Crippen LogP contribution in [0.3, 0.4) is 0 Å². The van der Waals surface area contributed by atoms with Crippen molar-refractivity contribution in [1.82, 2.24) is 15.6 Å². The number of anilines is 1. The van der Waals surface area contributed by atoms with Gasteiger partial charge in [0.15, 0.2) is 0 Å². The lowest BCUT2D eigenvalue weighted by molar-refractivity contribution is -0.125. The van der Waals surface area contributed by atoms with E-state index in [0.29, 0.717) is 18.7 Å². The van der Waals surface area contributed by atoms with Crippen LogP contribution in [0.4, 0.5) is 5.69 Å². The van der Waals surface area contributed by atoms with Crippen molar-refractivity contribution in [2.75, 3.05) is 24.5 Å². The van der Waals surface area contributed by atoms with Gasteiger partial charge in [-0.05, 0) is 56.1 Å². The van der Waals surface area contributed by atoms with Crippen LogP contribution in [-0.4, -0.2) is 42.2 Å². The normalized spacial score (nSPS) is 14.2. The third-order valence-electron chi connectivity index (χ3n) is 6.00. The Bertz CT molecular complexity index is 1080. The molecule has 0 unspecified atom stereocenters. The molecule has 7 heteroatoms. The molecule has 3 aromatic rings. The first-order chi connectivity index (χ1) is 15.6. The number of hydrogen-bond acceptors (Lipinski definition) is 4. The van der Waals surface area contributed by atoms with Crippen LogP contribution in [0.2, 0.25) is 0 Å². The van der Waals surface area contributed by atoms with Crippen LogP contribution in [0.1, 0.15) is 24.8 Å².